The van der Waals surface area contributed by atoms with Gasteiger partial charge in [-0.05, 0) is 55.8 Å². The fourth-order valence-electron chi connectivity index (χ4n) is 3.44. The van der Waals surface area contributed by atoms with Gasteiger partial charge in [0.05, 0.1) is 30.7 Å². The molecular weight excluding hydrogens is 477 g/mol. The van der Waals surface area contributed by atoms with E-state index in [1.54, 1.807) is 42.1 Å². The van der Waals surface area contributed by atoms with Crippen LogP contribution in [0.1, 0.15) is 33.3 Å². The lowest BCUT2D eigenvalue weighted by atomic mass is 10.2. The van der Waals surface area contributed by atoms with Crippen LogP contribution in [0.2, 0.25) is 10.0 Å². The minimum absolute atomic E-state index is 0.177. The maximum atomic E-state index is 12.8. The van der Waals surface area contributed by atoms with Gasteiger partial charge < -0.3 is 19.2 Å². The zero-order valence-corrected chi connectivity index (χ0v) is 20.4. The summed E-state index contributed by atoms with van der Waals surface area (Å²) in [5.74, 6) is 1.66. The first kappa shape index (κ1) is 23.7. The third-order valence-corrected chi connectivity index (χ3v) is 5.85. The van der Waals surface area contributed by atoms with Crippen molar-refractivity contribution in [3.8, 4) is 11.5 Å². The van der Waals surface area contributed by atoms with Crippen LogP contribution in [0.5, 0.6) is 11.5 Å². The molecule has 0 saturated carbocycles. The predicted molar refractivity (Wildman–Crippen MR) is 131 cm³/mol. The number of aromatic nitrogens is 2. The second-order valence-corrected chi connectivity index (χ2v) is 8.47. The highest BCUT2D eigenvalue weighted by atomic mass is 35.5. The van der Waals surface area contributed by atoms with Gasteiger partial charge in [-0.2, -0.15) is 5.10 Å². The number of methoxy groups -OCH3 is 1. The van der Waals surface area contributed by atoms with Crippen LogP contribution in [0.4, 0.5) is 5.69 Å². The molecule has 0 spiro atoms. The Morgan fingerprint density at radius 3 is 2.65 bits per heavy atom. The number of aryl methyl sites for hydroxylation is 1. The number of halogens is 2. The second-order valence-electron chi connectivity index (χ2n) is 7.63. The molecule has 1 N–H and O–H groups in total. The predicted octanol–water partition coefficient (Wildman–Crippen LogP) is 6.29. The molecule has 176 valence electrons. The SMILES string of the molecule is COc1cccc(OCc2ccc(C(=O)Nc3c(C)nn(Cc4ccc(Cl)cc4Cl)c3C)o2)c1. The number of ether oxygens (including phenoxy) is 2. The van der Waals surface area contributed by atoms with Crippen molar-refractivity contribution in [1.82, 2.24) is 9.78 Å². The number of hydrogen-bond acceptors (Lipinski definition) is 5. The fraction of sp³-hybridized carbons (Fsp3) is 0.200. The van der Waals surface area contributed by atoms with E-state index < -0.39 is 0 Å². The molecule has 2 aromatic heterocycles. The van der Waals surface area contributed by atoms with Crippen molar-refractivity contribution < 1.29 is 18.7 Å². The Morgan fingerprint density at radius 2 is 1.88 bits per heavy atom. The summed E-state index contributed by atoms with van der Waals surface area (Å²) in [5.41, 5.74) is 2.98. The molecule has 2 heterocycles. The molecule has 34 heavy (non-hydrogen) atoms. The Kier molecular flexibility index (Phi) is 7.14. The molecule has 0 fully saturated rings. The van der Waals surface area contributed by atoms with E-state index in [0.717, 1.165) is 11.3 Å². The number of carbonyl (C=O) groups is 1. The zero-order chi connectivity index (χ0) is 24.2. The average Bonchev–Trinajstić information content (AvgIpc) is 3.40. The van der Waals surface area contributed by atoms with Crippen LogP contribution >= 0.6 is 23.2 Å². The average molecular weight is 500 g/mol. The van der Waals surface area contributed by atoms with E-state index in [-0.39, 0.29) is 18.3 Å². The van der Waals surface area contributed by atoms with Crippen LogP contribution in [0.15, 0.2) is 59.0 Å². The van der Waals surface area contributed by atoms with Gasteiger partial charge in [0.25, 0.3) is 5.91 Å². The number of hydrogen-bond donors (Lipinski definition) is 1. The summed E-state index contributed by atoms with van der Waals surface area (Å²) in [6.07, 6.45) is 0. The lowest BCUT2D eigenvalue weighted by molar-refractivity contribution is 0.0992. The Morgan fingerprint density at radius 1 is 1.09 bits per heavy atom. The third-order valence-electron chi connectivity index (χ3n) is 5.26. The van der Waals surface area contributed by atoms with E-state index in [0.29, 0.717) is 45.2 Å². The van der Waals surface area contributed by atoms with Crippen molar-refractivity contribution in [2.45, 2.75) is 27.0 Å². The van der Waals surface area contributed by atoms with E-state index in [1.165, 1.54) is 0 Å². The fourth-order valence-corrected chi connectivity index (χ4v) is 3.91. The van der Waals surface area contributed by atoms with Gasteiger partial charge in [0.1, 0.15) is 23.9 Å². The van der Waals surface area contributed by atoms with E-state index in [4.69, 9.17) is 37.1 Å². The Balaban J connectivity index is 1.42. The molecule has 7 nitrogen and oxygen atoms in total. The highest BCUT2D eigenvalue weighted by Crippen LogP contribution is 2.26. The van der Waals surface area contributed by atoms with E-state index >= 15 is 0 Å². The molecule has 0 aliphatic heterocycles. The number of anilines is 1. The van der Waals surface area contributed by atoms with E-state index in [9.17, 15) is 4.79 Å². The van der Waals surface area contributed by atoms with Gasteiger partial charge in [-0.25, -0.2) is 0 Å². The van der Waals surface area contributed by atoms with E-state index in [2.05, 4.69) is 10.4 Å². The minimum atomic E-state index is -0.372. The highest BCUT2D eigenvalue weighted by molar-refractivity contribution is 6.35. The maximum absolute atomic E-state index is 12.8. The lowest BCUT2D eigenvalue weighted by Crippen LogP contribution is -2.12. The minimum Gasteiger partial charge on any atom is -0.497 e. The van der Waals surface area contributed by atoms with Crippen molar-refractivity contribution in [1.29, 1.82) is 0 Å². The largest absolute Gasteiger partial charge is 0.497 e. The maximum Gasteiger partial charge on any atom is 0.291 e. The van der Waals surface area contributed by atoms with Gasteiger partial charge in [-0.1, -0.05) is 35.3 Å². The monoisotopic (exact) mass is 499 g/mol. The molecule has 0 unspecified atom stereocenters. The number of rotatable bonds is 8. The summed E-state index contributed by atoms with van der Waals surface area (Å²) >= 11 is 12.3. The third kappa shape index (κ3) is 5.38. The number of carbonyl (C=O) groups excluding carboxylic acids is 1. The van der Waals surface area contributed by atoms with Crippen molar-refractivity contribution >= 4 is 34.8 Å². The Bertz CT molecular complexity index is 1330. The standard InChI is InChI=1S/C25H23Cl2N3O4/c1-15-24(16(2)30(29-15)13-17-7-8-18(26)11-22(17)27)28-25(31)23-10-9-21(34-23)14-33-20-6-4-5-19(12-20)32-3/h4-12H,13-14H2,1-3H3,(H,28,31). The van der Waals surface area contributed by atoms with Gasteiger partial charge in [-0.15, -0.1) is 0 Å². The van der Waals surface area contributed by atoms with Crippen molar-refractivity contribution in [3.63, 3.8) is 0 Å². The van der Waals surface area contributed by atoms with Crippen LogP contribution in [-0.4, -0.2) is 22.8 Å². The number of nitrogens with one attached hydrogen (secondary N) is 1. The van der Waals surface area contributed by atoms with Crippen molar-refractivity contribution in [3.05, 3.63) is 93.1 Å². The summed E-state index contributed by atoms with van der Waals surface area (Å²) in [6, 6.07) is 15.9. The normalized spacial score (nSPS) is 10.9. The van der Waals surface area contributed by atoms with E-state index in [1.807, 2.05) is 38.1 Å². The van der Waals surface area contributed by atoms with Gasteiger partial charge >= 0.3 is 0 Å². The van der Waals surface area contributed by atoms with Crippen LogP contribution < -0.4 is 14.8 Å². The summed E-state index contributed by atoms with van der Waals surface area (Å²) < 4.78 is 18.4. The van der Waals surface area contributed by atoms with Crippen LogP contribution in [0.25, 0.3) is 0 Å². The lowest BCUT2D eigenvalue weighted by Gasteiger charge is -2.08. The summed E-state index contributed by atoms with van der Waals surface area (Å²) in [4.78, 5) is 12.8. The van der Waals surface area contributed by atoms with Gasteiger partial charge in [0, 0.05) is 16.1 Å². The van der Waals surface area contributed by atoms with Gasteiger partial charge in [0.15, 0.2) is 5.76 Å². The highest BCUT2D eigenvalue weighted by Gasteiger charge is 2.18. The molecular formula is C25H23Cl2N3O4. The molecule has 0 radical (unpaired) electrons. The first-order valence-corrected chi connectivity index (χ1v) is 11.2. The van der Waals surface area contributed by atoms with Gasteiger partial charge in [-0.3, -0.25) is 9.48 Å². The first-order valence-electron chi connectivity index (χ1n) is 10.5. The summed E-state index contributed by atoms with van der Waals surface area (Å²) in [7, 11) is 1.59. The number of amides is 1. The van der Waals surface area contributed by atoms with Crippen LogP contribution in [-0.2, 0) is 13.2 Å². The number of benzene rings is 2. The Hall–Kier alpha value is -3.42. The molecule has 0 saturated heterocycles. The molecule has 4 rings (SSSR count). The molecule has 0 aliphatic rings. The van der Waals surface area contributed by atoms with Crippen molar-refractivity contribution in [2.75, 3.05) is 12.4 Å². The van der Waals surface area contributed by atoms with Gasteiger partial charge in [0.2, 0.25) is 0 Å². The molecule has 4 aromatic rings. The second kappa shape index (κ2) is 10.2. The molecule has 0 atom stereocenters. The molecule has 9 heteroatoms. The van der Waals surface area contributed by atoms with Crippen LogP contribution in [0.3, 0.4) is 0 Å². The van der Waals surface area contributed by atoms with Crippen LogP contribution in [0, 0.1) is 13.8 Å². The summed E-state index contributed by atoms with van der Waals surface area (Å²) in [6.45, 7) is 4.34. The zero-order valence-electron chi connectivity index (χ0n) is 18.9. The molecule has 1 amide bonds. The topological polar surface area (TPSA) is 78.5 Å². The molecule has 2 aromatic carbocycles. The smallest absolute Gasteiger partial charge is 0.291 e. The number of furan rings is 1. The molecule has 0 bridgehead atoms. The quantitative estimate of drug-likeness (QED) is 0.308. The first-order chi connectivity index (χ1) is 16.3. The summed E-state index contributed by atoms with van der Waals surface area (Å²) in [5, 5.41) is 8.58. The Labute approximate surface area is 207 Å². The molecule has 0 aliphatic carbocycles. The van der Waals surface area contributed by atoms with Crippen molar-refractivity contribution in [2.24, 2.45) is 0 Å². The number of nitrogens with zero attached hydrogens (tertiary/aromatic N) is 2.